The Kier molecular flexibility index (Phi) is 2.40. The maximum atomic E-state index is 11.0. The van der Waals surface area contributed by atoms with Crippen LogP contribution in [0.1, 0.15) is 12.8 Å². The molecular formula is C9H16N4O2. The van der Waals surface area contributed by atoms with Gasteiger partial charge in [-0.05, 0) is 19.4 Å². The van der Waals surface area contributed by atoms with Gasteiger partial charge in [-0.1, -0.05) is 0 Å². The number of amidine groups is 1. The van der Waals surface area contributed by atoms with E-state index in [0.717, 1.165) is 19.4 Å². The number of hydrogen-bond donors (Lipinski definition) is 4. The lowest BCUT2D eigenvalue weighted by atomic mass is 9.85. The van der Waals surface area contributed by atoms with Gasteiger partial charge < -0.3 is 21.1 Å². The average Bonchev–Trinajstić information content (AvgIpc) is 2.68. The molecule has 0 aromatic carbocycles. The van der Waals surface area contributed by atoms with Gasteiger partial charge in [0.2, 0.25) is 5.91 Å². The molecule has 6 heteroatoms. The van der Waals surface area contributed by atoms with E-state index in [4.69, 9.17) is 16.2 Å². The van der Waals surface area contributed by atoms with Crippen molar-refractivity contribution < 1.29 is 9.90 Å². The molecule has 2 heterocycles. The second-order valence-corrected chi connectivity index (χ2v) is 4.19. The average molecular weight is 212 g/mol. The van der Waals surface area contributed by atoms with E-state index < -0.39 is 11.9 Å². The lowest BCUT2D eigenvalue weighted by Gasteiger charge is -2.52. The molecule has 2 fully saturated rings. The number of hydrogen-bond acceptors (Lipinski definition) is 4. The van der Waals surface area contributed by atoms with E-state index in [9.17, 15) is 4.79 Å². The fourth-order valence-corrected chi connectivity index (χ4v) is 2.38. The second kappa shape index (κ2) is 3.46. The van der Waals surface area contributed by atoms with Crippen LogP contribution in [0.3, 0.4) is 0 Å². The van der Waals surface area contributed by atoms with Crippen LogP contribution in [0.25, 0.3) is 0 Å². The summed E-state index contributed by atoms with van der Waals surface area (Å²) in [6.45, 7) is 1.18. The first kappa shape index (κ1) is 10.4. The van der Waals surface area contributed by atoms with Crippen molar-refractivity contribution in [3.63, 3.8) is 0 Å². The van der Waals surface area contributed by atoms with Crippen LogP contribution in [0, 0.1) is 5.41 Å². The summed E-state index contributed by atoms with van der Waals surface area (Å²) in [6, 6.07) is -0.745. The molecule has 5 N–H and O–H groups in total. The fraction of sp³-hybridized carbons (Fsp3) is 0.778. The van der Waals surface area contributed by atoms with Gasteiger partial charge in [-0.15, -0.1) is 0 Å². The highest BCUT2D eigenvalue weighted by Gasteiger charge is 2.52. The highest BCUT2D eigenvalue weighted by atomic mass is 16.3. The number of primary amides is 1. The quantitative estimate of drug-likeness (QED) is 0.445. The predicted molar refractivity (Wildman–Crippen MR) is 54.5 cm³/mol. The molecule has 1 unspecified atom stereocenters. The van der Waals surface area contributed by atoms with Crippen molar-refractivity contribution in [2.45, 2.75) is 24.4 Å². The summed E-state index contributed by atoms with van der Waals surface area (Å²) < 4.78 is 0. The molecule has 2 rings (SSSR count). The molecule has 0 radical (unpaired) electrons. The smallest absolute Gasteiger partial charge is 0.242 e. The number of aliphatic hydroxyl groups is 1. The van der Waals surface area contributed by atoms with Gasteiger partial charge in [0.05, 0.1) is 12.1 Å². The highest BCUT2D eigenvalue weighted by Crippen LogP contribution is 2.32. The summed E-state index contributed by atoms with van der Waals surface area (Å²) in [5, 5.41) is 20.2. The third kappa shape index (κ3) is 1.40. The molecule has 0 bridgehead atoms. The number of nitrogens with one attached hydrogen (secondary N) is 2. The normalized spacial score (nSPS) is 31.8. The zero-order valence-electron chi connectivity index (χ0n) is 8.49. The SMILES string of the molecule is N=C1N([C@@H](CO)C(N)=O)CC12CCCN2. The number of nitrogens with zero attached hydrogens (tertiary/aromatic N) is 1. The topological polar surface area (TPSA) is 102 Å². The van der Waals surface area contributed by atoms with E-state index in [0.29, 0.717) is 12.4 Å². The maximum Gasteiger partial charge on any atom is 0.242 e. The minimum absolute atomic E-state index is 0.247. The number of likely N-dealkylation sites (tertiary alicyclic amines) is 1. The van der Waals surface area contributed by atoms with Gasteiger partial charge in [-0.2, -0.15) is 0 Å². The zero-order chi connectivity index (χ0) is 11.1. The van der Waals surface area contributed by atoms with E-state index in [-0.39, 0.29) is 12.1 Å². The lowest BCUT2D eigenvalue weighted by molar-refractivity contribution is -0.124. The Balaban J connectivity index is 2.04. The molecular weight excluding hydrogens is 196 g/mol. The molecule has 84 valence electrons. The standard InChI is InChI=1S/C9H16N4O2/c10-7(15)6(4-14)13-5-9(8(13)11)2-1-3-12-9/h6,11-12,14H,1-5H2,(H2,10,15)/t6-,9?/m0/s1. The summed E-state index contributed by atoms with van der Waals surface area (Å²) in [5.41, 5.74) is 4.90. The van der Waals surface area contributed by atoms with E-state index in [1.54, 1.807) is 4.90 Å². The van der Waals surface area contributed by atoms with Crippen LogP contribution in [0.2, 0.25) is 0 Å². The summed E-state index contributed by atoms with van der Waals surface area (Å²) in [4.78, 5) is 12.6. The number of amides is 1. The molecule has 2 aliphatic heterocycles. The van der Waals surface area contributed by atoms with Crippen LogP contribution in [-0.4, -0.2) is 53.0 Å². The van der Waals surface area contributed by atoms with Crippen molar-refractivity contribution >= 4 is 11.7 Å². The Labute approximate surface area is 87.9 Å². The van der Waals surface area contributed by atoms with Crippen molar-refractivity contribution in [1.29, 1.82) is 5.41 Å². The van der Waals surface area contributed by atoms with Crippen LogP contribution in [-0.2, 0) is 4.79 Å². The van der Waals surface area contributed by atoms with E-state index in [1.165, 1.54) is 0 Å². The van der Waals surface area contributed by atoms with Crippen molar-refractivity contribution in [1.82, 2.24) is 10.2 Å². The van der Waals surface area contributed by atoms with Crippen molar-refractivity contribution in [2.24, 2.45) is 5.73 Å². The van der Waals surface area contributed by atoms with Gasteiger partial charge in [-0.25, -0.2) is 0 Å². The fourth-order valence-electron chi connectivity index (χ4n) is 2.38. The maximum absolute atomic E-state index is 11.0. The Hall–Kier alpha value is -1.14. The largest absolute Gasteiger partial charge is 0.394 e. The molecule has 0 aromatic rings. The first-order valence-corrected chi connectivity index (χ1v) is 5.11. The third-order valence-electron chi connectivity index (χ3n) is 3.30. The Morgan fingerprint density at radius 3 is 2.93 bits per heavy atom. The number of aliphatic hydroxyl groups excluding tert-OH is 1. The Morgan fingerprint density at radius 1 is 1.80 bits per heavy atom. The molecule has 2 atom stereocenters. The molecule has 0 aliphatic carbocycles. The van der Waals surface area contributed by atoms with Gasteiger partial charge in [0, 0.05) is 6.54 Å². The monoisotopic (exact) mass is 212 g/mol. The first-order valence-electron chi connectivity index (χ1n) is 5.11. The minimum atomic E-state index is -0.745. The van der Waals surface area contributed by atoms with Crippen molar-refractivity contribution in [3.05, 3.63) is 0 Å². The summed E-state index contributed by atoms with van der Waals surface area (Å²) >= 11 is 0. The van der Waals surface area contributed by atoms with E-state index in [2.05, 4.69) is 5.32 Å². The Morgan fingerprint density at radius 2 is 2.53 bits per heavy atom. The summed E-state index contributed by atoms with van der Waals surface area (Å²) in [6.07, 6.45) is 1.98. The van der Waals surface area contributed by atoms with Gasteiger partial charge in [-0.3, -0.25) is 10.2 Å². The summed E-state index contributed by atoms with van der Waals surface area (Å²) in [7, 11) is 0. The summed E-state index contributed by atoms with van der Waals surface area (Å²) in [5.74, 6) is -0.187. The molecule has 1 spiro atoms. The predicted octanol–water partition coefficient (Wildman–Crippen LogP) is -1.75. The van der Waals surface area contributed by atoms with Gasteiger partial charge in [0.1, 0.15) is 11.9 Å². The molecule has 2 saturated heterocycles. The van der Waals surface area contributed by atoms with E-state index >= 15 is 0 Å². The molecule has 15 heavy (non-hydrogen) atoms. The van der Waals surface area contributed by atoms with Crippen LogP contribution in [0.4, 0.5) is 0 Å². The number of rotatable bonds is 3. The first-order chi connectivity index (χ1) is 7.10. The van der Waals surface area contributed by atoms with Crippen LogP contribution >= 0.6 is 0 Å². The highest BCUT2D eigenvalue weighted by molar-refractivity contribution is 5.99. The van der Waals surface area contributed by atoms with Crippen LogP contribution < -0.4 is 11.1 Å². The molecule has 1 amide bonds. The third-order valence-corrected chi connectivity index (χ3v) is 3.30. The van der Waals surface area contributed by atoms with Crippen molar-refractivity contribution in [2.75, 3.05) is 19.7 Å². The van der Waals surface area contributed by atoms with Crippen molar-refractivity contribution in [3.8, 4) is 0 Å². The van der Waals surface area contributed by atoms with E-state index in [1.807, 2.05) is 0 Å². The molecule has 0 aromatic heterocycles. The zero-order valence-corrected chi connectivity index (χ0v) is 8.49. The molecule has 2 aliphatic rings. The van der Waals surface area contributed by atoms with Crippen LogP contribution in [0.15, 0.2) is 0 Å². The van der Waals surface area contributed by atoms with Gasteiger partial charge in [0.25, 0.3) is 0 Å². The number of nitrogens with two attached hydrogens (primary N) is 1. The molecule has 0 saturated carbocycles. The minimum Gasteiger partial charge on any atom is -0.394 e. The van der Waals surface area contributed by atoms with Crippen LogP contribution in [0.5, 0.6) is 0 Å². The van der Waals surface area contributed by atoms with Gasteiger partial charge in [0.15, 0.2) is 0 Å². The van der Waals surface area contributed by atoms with Gasteiger partial charge >= 0.3 is 0 Å². The lowest BCUT2D eigenvalue weighted by Crippen LogP contribution is -2.74. The Bertz CT molecular complexity index is 298. The second-order valence-electron chi connectivity index (χ2n) is 4.19. The number of carbonyl (C=O) groups is 1. The number of carbonyl (C=O) groups excluding carboxylic acids is 1. The molecule has 6 nitrogen and oxygen atoms in total.